The number of phenols is 1. The number of para-hydroxylation sites is 1. The van der Waals surface area contributed by atoms with E-state index >= 15 is 0 Å². The van der Waals surface area contributed by atoms with Crippen molar-refractivity contribution in [2.75, 3.05) is 6.26 Å². The smallest absolute Gasteiger partial charge is 0.118 e. The average molecular weight is 156 g/mol. The lowest BCUT2D eigenvalue weighted by molar-refractivity contribution is 0.471. The molecule has 0 amide bonds. The first-order valence-corrected chi connectivity index (χ1v) is 3.89. The molecule has 0 heterocycles. The van der Waals surface area contributed by atoms with E-state index in [0.29, 0.717) is 5.75 Å². The minimum absolute atomic E-state index is 0.368. The lowest BCUT2D eigenvalue weighted by Crippen LogP contribution is -1.68. The van der Waals surface area contributed by atoms with Gasteiger partial charge in [0.2, 0.25) is 0 Å². The number of hydrogen-bond acceptors (Lipinski definition) is 2. The molecule has 0 aromatic heterocycles. The predicted octanol–water partition coefficient (Wildman–Crippen LogP) is 2.25. The summed E-state index contributed by atoms with van der Waals surface area (Å²) in [5.41, 5.74) is 0.924. The van der Waals surface area contributed by atoms with Crippen molar-refractivity contribution in [2.24, 2.45) is 0 Å². The largest absolute Gasteiger partial charge is 0.508 e. The van der Waals surface area contributed by atoms with Crippen LogP contribution in [0.3, 0.4) is 0 Å². The van der Waals surface area contributed by atoms with E-state index in [1.807, 2.05) is 25.1 Å². The summed E-state index contributed by atoms with van der Waals surface area (Å²) in [5.74, 6) is 0.368. The number of phenolic OH excluding ortho intramolecular Hbond substituents is 1. The zero-order valence-electron chi connectivity index (χ0n) is 6.20. The Labute approximate surface area is 67.1 Å². The van der Waals surface area contributed by atoms with Gasteiger partial charge in [0, 0.05) is 0 Å². The molecule has 10 heavy (non-hydrogen) atoms. The third-order valence-electron chi connectivity index (χ3n) is 1.12. The number of rotatable bonds is 0. The normalized spacial score (nSPS) is 7.90. The molecule has 0 aliphatic rings. The monoisotopic (exact) mass is 156 g/mol. The Bertz CT molecular complexity index is 165. The summed E-state index contributed by atoms with van der Waals surface area (Å²) >= 11 is 3.53. The average Bonchev–Trinajstić information content (AvgIpc) is 2.00. The van der Waals surface area contributed by atoms with Gasteiger partial charge in [-0.3, -0.25) is 0 Å². The van der Waals surface area contributed by atoms with Crippen molar-refractivity contribution < 1.29 is 5.11 Å². The van der Waals surface area contributed by atoms with E-state index in [1.54, 1.807) is 12.3 Å². The standard InChI is InChI=1S/C7H8O.CH4S/c1-6-4-2-3-5-7(6)8;1-2/h2-5,8H,1H3;2H,1H3. The predicted molar refractivity (Wildman–Crippen MR) is 47.8 cm³/mol. The van der Waals surface area contributed by atoms with Crippen LogP contribution in [0.2, 0.25) is 0 Å². The van der Waals surface area contributed by atoms with E-state index in [4.69, 9.17) is 5.11 Å². The number of thiol groups is 1. The number of hydrogen-bond donors (Lipinski definition) is 2. The van der Waals surface area contributed by atoms with Crippen molar-refractivity contribution in [3.63, 3.8) is 0 Å². The Morgan fingerprint density at radius 1 is 1.20 bits per heavy atom. The number of aryl methyl sites for hydroxylation is 1. The highest BCUT2D eigenvalue weighted by atomic mass is 32.1. The van der Waals surface area contributed by atoms with E-state index in [9.17, 15) is 0 Å². The van der Waals surface area contributed by atoms with Crippen LogP contribution in [0.4, 0.5) is 0 Å². The van der Waals surface area contributed by atoms with Crippen molar-refractivity contribution in [3.05, 3.63) is 29.8 Å². The molecule has 0 atom stereocenters. The molecule has 1 aromatic rings. The molecule has 0 fully saturated rings. The minimum atomic E-state index is 0.368. The zero-order chi connectivity index (χ0) is 7.98. The second-order valence-electron chi connectivity index (χ2n) is 1.79. The van der Waals surface area contributed by atoms with Crippen LogP contribution in [-0.4, -0.2) is 11.4 Å². The van der Waals surface area contributed by atoms with Crippen LogP contribution < -0.4 is 0 Å². The molecule has 0 unspecified atom stereocenters. The van der Waals surface area contributed by atoms with Gasteiger partial charge in [-0.15, -0.1) is 0 Å². The fourth-order valence-electron chi connectivity index (χ4n) is 0.563. The SMILES string of the molecule is CS.Cc1ccccc1O. The van der Waals surface area contributed by atoms with Gasteiger partial charge in [-0.1, -0.05) is 18.2 Å². The van der Waals surface area contributed by atoms with Crippen LogP contribution in [0.25, 0.3) is 0 Å². The fraction of sp³-hybridized carbons (Fsp3) is 0.250. The quantitative estimate of drug-likeness (QED) is 0.552. The number of aromatic hydroxyl groups is 1. The second kappa shape index (κ2) is 5.18. The first-order valence-electron chi connectivity index (χ1n) is 3.00. The van der Waals surface area contributed by atoms with Gasteiger partial charge in [-0.25, -0.2) is 0 Å². The molecule has 1 rings (SSSR count). The molecule has 0 spiro atoms. The van der Waals surface area contributed by atoms with Gasteiger partial charge in [-0.05, 0) is 24.8 Å². The summed E-state index contributed by atoms with van der Waals surface area (Å²) in [5, 5.41) is 8.92. The fourth-order valence-corrected chi connectivity index (χ4v) is 0.563. The molecule has 56 valence electrons. The van der Waals surface area contributed by atoms with Gasteiger partial charge < -0.3 is 5.11 Å². The molecular weight excluding hydrogens is 144 g/mol. The van der Waals surface area contributed by atoms with Gasteiger partial charge in [-0.2, -0.15) is 12.6 Å². The van der Waals surface area contributed by atoms with E-state index in [1.165, 1.54) is 0 Å². The maximum absolute atomic E-state index is 8.92. The first kappa shape index (κ1) is 9.37. The van der Waals surface area contributed by atoms with Crippen molar-refractivity contribution in [3.8, 4) is 5.75 Å². The first-order chi connectivity index (χ1) is 4.80. The highest BCUT2D eigenvalue weighted by molar-refractivity contribution is 7.79. The lowest BCUT2D eigenvalue weighted by atomic mass is 10.2. The van der Waals surface area contributed by atoms with Gasteiger partial charge in [0.25, 0.3) is 0 Å². The molecule has 0 aliphatic carbocycles. The molecule has 1 nitrogen and oxygen atoms in total. The van der Waals surface area contributed by atoms with Crippen LogP contribution >= 0.6 is 12.6 Å². The van der Waals surface area contributed by atoms with Crippen LogP contribution in [0, 0.1) is 6.92 Å². The van der Waals surface area contributed by atoms with E-state index in [2.05, 4.69) is 12.6 Å². The highest BCUT2D eigenvalue weighted by Crippen LogP contribution is 2.12. The van der Waals surface area contributed by atoms with Gasteiger partial charge >= 0.3 is 0 Å². The Hall–Kier alpha value is -0.630. The van der Waals surface area contributed by atoms with Crippen LogP contribution in [0.5, 0.6) is 5.75 Å². The summed E-state index contributed by atoms with van der Waals surface area (Å²) < 4.78 is 0. The van der Waals surface area contributed by atoms with Crippen LogP contribution in [0.15, 0.2) is 24.3 Å². The molecule has 1 N–H and O–H groups in total. The van der Waals surface area contributed by atoms with Crippen molar-refractivity contribution in [1.29, 1.82) is 0 Å². The molecule has 0 saturated carbocycles. The maximum Gasteiger partial charge on any atom is 0.118 e. The minimum Gasteiger partial charge on any atom is -0.508 e. The Balaban J connectivity index is 0.000000371. The van der Waals surface area contributed by atoms with Crippen LogP contribution in [-0.2, 0) is 0 Å². The Morgan fingerprint density at radius 3 is 2.00 bits per heavy atom. The summed E-state index contributed by atoms with van der Waals surface area (Å²) in [6, 6.07) is 7.25. The highest BCUT2D eigenvalue weighted by Gasteiger charge is 1.86. The second-order valence-corrected chi connectivity index (χ2v) is 1.79. The number of benzene rings is 1. The van der Waals surface area contributed by atoms with E-state index < -0.39 is 0 Å². The van der Waals surface area contributed by atoms with Gasteiger partial charge in [0.15, 0.2) is 0 Å². The Morgan fingerprint density at radius 2 is 1.70 bits per heavy atom. The van der Waals surface area contributed by atoms with Gasteiger partial charge in [0.05, 0.1) is 0 Å². The summed E-state index contributed by atoms with van der Waals surface area (Å²) in [4.78, 5) is 0. The lowest BCUT2D eigenvalue weighted by Gasteiger charge is -1.92. The van der Waals surface area contributed by atoms with E-state index in [0.717, 1.165) is 5.56 Å². The summed E-state index contributed by atoms with van der Waals surface area (Å²) in [6.07, 6.45) is 1.69. The molecule has 0 bridgehead atoms. The van der Waals surface area contributed by atoms with Crippen molar-refractivity contribution in [1.82, 2.24) is 0 Å². The zero-order valence-corrected chi connectivity index (χ0v) is 7.10. The Kier molecular flexibility index (Phi) is 4.85. The molecule has 1 aromatic carbocycles. The summed E-state index contributed by atoms with van der Waals surface area (Å²) in [6.45, 7) is 1.87. The molecular formula is C8H12OS. The molecule has 2 heteroatoms. The third kappa shape index (κ3) is 2.78. The van der Waals surface area contributed by atoms with Gasteiger partial charge in [0.1, 0.15) is 5.75 Å². The third-order valence-corrected chi connectivity index (χ3v) is 1.12. The van der Waals surface area contributed by atoms with Crippen molar-refractivity contribution in [2.45, 2.75) is 6.92 Å². The van der Waals surface area contributed by atoms with Crippen LogP contribution in [0.1, 0.15) is 5.56 Å². The molecule has 0 radical (unpaired) electrons. The van der Waals surface area contributed by atoms with E-state index in [-0.39, 0.29) is 0 Å². The topological polar surface area (TPSA) is 20.2 Å². The maximum atomic E-state index is 8.92. The molecule has 0 saturated heterocycles. The molecule has 0 aliphatic heterocycles. The summed E-state index contributed by atoms with van der Waals surface area (Å²) in [7, 11) is 0. The van der Waals surface area contributed by atoms with Crippen molar-refractivity contribution >= 4 is 12.6 Å².